The number of carbonyl (C=O) groups excluding carboxylic acids is 2. The molecular formula is C32H38N2O5. The highest BCUT2D eigenvalue weighted by molar-refractivity contribution is 5.86. The van der Waals surface area contributed by atoms with E-state index in [1.165, 1.54) is 0 Å². The maximum absolute atomic E-state index is 12.9. The molecule has 0 spiro atoms. The topological polar surface area (TPSA) is 108 Å². The molecule has 0 bridgehead atoms. The Morgan fingerprint density at radius 1 is 0.769 bits per heavy atom. The molecule has 3 rings (SSSR count). The van der Waals surface area contributed by atoms with E-state index in [9.17, 15) is 19.8 Å². The van der Waals surface area contributed by atoms with E-state index < -0.39 is 18.0 Å². The Morgan fingerprint density at radius 3 is 1.87 bits per heavy atom. The van der Waals surface area contributed by atoms with Gasteiger partial charge in [-0.1, -0.05) is 78.9 Å². The summed E-state index contributed by atoms with van der Waals surface area (Å²) in [6.07, 6.45) is 2.79. The zero-order chi connectivity index (χ0) is 27.9. The van der Waals surface area contributed by atoms with Gasteiger partial charge in [-0.25, -0.2) is 0 Å². The summed E-state index contributed by atoms with van der Waals surface area (Å²) in [6, 6.07) is 26.1. The van der Waals surface area contributed by atoms with Crippen molar-refractivity contribution >= 4 is 11.8 Å². The summed E-state index contributed by atoms with van der Waals surface area (Å²) in [6.45, 7) is 3.74. The number of rotatable bonds is 16. The second kappa shape index (κ2) is 16.1. The zero-order valence-corrected chi connectivity index (χ0v) is 22.2. The third-order valence-electron chi connectivity index (χ3n) is 6.38. The van der Waals surface area contributed by atoms with Crippen LogP contribution in [0.1, 0.15) is 29.5 Å². The van der Waals surface area contributed by atoms with Gasteiger partial charge in [0.25, 0.3) is 0 Å². The van der Waals surface area contributed by atoms with Crippen LogP contribution >= 0.6 is 0 Å². The van der Waals surface area contributed by atoms with Gasteiger partial charge in [0.05, 0.1) is 31.2 Å². The van der Waals surface area contributed by atoms with Crippen LogP contribution in [-0.2, 0) is 29.0 Å². The number of nitrogens with one attached hydrogen (secondary N) is 2. The maximum Gasteiger partial charge on any atom is 0.224 e. The van der Waals surface area contributed by atoms with Gasteiger partial charge in [-0.15, -0.1) is 6.58 Å². The van der Waals surface area contributed by atoms with E-state index in [0.29, 0.717) is 25.9 Å². The highest BCUT2D eigenvalue weighted by atomic mass is 16.5. The van der Waals surface area contributed by atoms with Crippen molar-refractivity contribution < 1.29 is 24.5 Å². The van der Waals surface area contributed by atoms with Crippen LogP contribution in [0, 0.1) is 5.92 Å². The summed E-state index contributed by atoms with van der Waals surface area (Å²) in [5.41, 5.74) is 3.01. The SMILES string of the molecule is C=CC[C@@H](CC(=O)N[C@H](CO)Cc1ccc(OCc2ccccc2)cc1)C(=O)N[C@H](CO)Cc1ccccc1. The first-order valence-corrected chi connectivity index (χ1v) is 13.2. The van der Waals surface area contributed by atoms with Gasteiger partial charge in [0.15, 0.2) is 0 Å². The molecule has 0 radical (unpaired) electrons. The molecule has 0 aliphatic carbocycles. The molecule has 7 nitrogen and oxygen atoms in total. The number of benzene rings is 3. The van der Waals surface area contributed by atoms with Gasteiger partial charge >= 0.3 is 0 Å². The Balaban J connectivity index is 1.50. The number of carbonyl (C=O) groups is 2. The fourth-order valence-corrected chi connectivity index (χ4v) is 4.28. The number of allylic oxidation sites excluding steroid dienone is 1. The third-order valence-corrected chi connectivity index (χ3v) is 6.38. The number of ether oxygens (including phenoxy) is 1. The molecule has 39 heavy (non-hydrogen) atoms. The first-order valence-electron chi connectivity index (χ1n) is 13.2. The minimum Gasteiger partial charge on any atom is -0.489 e. The van der Waals surface area contributed by atoms with Crippen LogP contribution in [0.25, 0.3) is 0 Å². The molecular weight excluding hydrogens is 492 g/mol. The molecule has 0 heterocycles. The molecule has 4 N–H and O–H groups in total. The number of hydrogen-bond acceptors (Lipinski definition) is 5. The summed E-state index contributed by atoms with van der Waals surface area (Å²) >= 11 is 0. The van der Waals surface area contributed by atoms with E-state index in [0.717, 1.165) is 22.4 Å². The Hall–Kier alpha value is -3.94. The molecule has 0 aromatic heterocycles. The standard InChI is InChI=1S/C32H38N2O5/c1-2-9-27(32(38)34-29(22-36)18-24-10-5-3-6-11-24)20-31(37)33-28(21-35)19-25-14-16-30(17-15-25)39-23-26-12-7-4-8-13-26/h2-8,10-17,27-29,35-36H,1,9,18-23H2,(H,33,37)(H,34,38)/t27-,28-,29-/m0/s1. The molecule has 0 aliphatic rings. The van der Waals surface area contributed by atoms with Gasteiger partial charge < -0.3 is 25.6 Å². The van der Waals surface area contributed by atoms with Crippen LogP contribution < -0.4 is 15.4 Å². The van der Waals surface area contributed by atoms with E-state index in [1.54, 1.807) is 6.08 Å². The summed E-state index contributed by atoms with van der Waals surface area (Å²) < 4.78 is 5.82. The average molecular weight is 531 g/mol. The first kappa shape index (κ1) is 29.6. The molecule has 0 aliphatic heterocycles. The van der Waals surface area contributed by atoms with Crippen molar-refractivity contribution in [3.63, 3.8) is 0 Å². The molecule has 3 aromatic carbocycles. The first-order chi connectivity index (χ1) is 19.0. The lowest BCUT2D eigenvalue weighted by atomic mass is 9.98. The van der Waals surface area contributed by atoms with E-state index in [1.807, 2.05) is 84.9 Å². The largest absolute Gasteiger partial charge is 0.489 e. The van der Waals surface area contributed by atoms with Crippen LogP contribution in [-0.4, -0.2) is 47.3 Å². The lowest BCUT2D eigenvalue weighted by Crippen LogP contribution is -2.45. The van der Waals surface area contributed by atoms with E-state index >= 15 is 0 Å². The van der Waals surface area contributed by atoms with Crippen LogP contribution in [0.4, 0.5) is 0 Å². The van der Waals surface area contributed by atoms with Crippen molar-refractivity contribution in [1.82, 2.24) is 10.6 Å². The van der Waals surface area contributed by atoms with Gasteiger partial charge in [-0.05, 0) is 48.1 Å². The van der Waals surface area contributed by atoms with Gasteiger partial charge in [0.1, 0.15) is 12.4 Å². The van der Waals surface area contributed by atoms with Crippen molar-refractivity contribution in [3.05, 3.63) is 114 Å². The Kier molecular flexibility index (Phi) is 12.2. The molecule has 7 heteroatoms. The second-order valence-electron chi connectivity index (χ2n) is 9.57. The van der Waals surface area contributed by atoms with E-state index in [4.69, 9.17) is 4.74 Å². The molecule has 3 aromatic rings. The lowest BCUT2D eigenvalue weighted by molar-refractivity contribution is -0.131. The molecule has 206 valence electrons. The normalized spacial score (nSPS) is 13.1. The van der Waals surface area contributed by atoms with Crippen LogP contribution in [0.3, 0.4) is 0 Å². The molecule has 0 saturated carbocycles. The highest BCUT2D eigenvalue weighted by Gasteiger charge is 2.24. The fourth-order valence-electron chi connectivity index (χ4n) is 4.28. The van der Waals surface area contributed by atoms with E-state index in [-0.39, 0.29) is 31.4 Å². The number of amides is 2. The quantitative estimate of drug-likeness (QED) is 0.212. The Labute approximate surface area is 230 Å². The second-order valence-corrected chi connectivity index (χ2v) is 9.57. The van der Waals surface area contributed by atoms with Crippen LogP contribution in [0.2, 0.25) is 0 Å². The van der Waals surface area contributed by atoms with E-state index in [2.05, 4.69) is 17.2 Å². The monoisotopic (exact) mass is 530 g/mol. The molecule has 0 unspecified atom stereocenters. The third kappa shape index (κ3) is 10.4. The number of aliphatic hydroxyl groups is 2. The van der Waals surface area contributed by atoms with Crippen molar-refractivity contribution in [2.75, 3.05) is 13.2 Å². The van der Waals surface area contributed by atoms with Crippen LogP contribution in [0.5, 0.6) is 5.75 Å². The van der Waals surface area contributed by atoms with Gasteiger partial charge in [0, 0.05) is 6.42 Å². The van der Waals surface area contributed by atoms with Crippen molar-refractivity contribution in [2.45, 2.75) is 44.4 Å². The Morgan fingerprint density at radius 2 is 1.31 bits per heavy atom. The van der Waals surface area contributed by atoms with Crippen molar-refractivity contribution in [3.8, 4) is 5.75 Å². The van der Waals surface area contributed by atoms with Gasteiger partial charge in [0.2, 0.25) is 11.8 Å². The van der Waals surface area contributed by atoms with Crippen molar-refractivity contribution in [2.24, 2.45) is 5.92 Å². The summed E-state index contributed by atoms with van der Waals surface area (Å²) in [5.74, 6) is -0.541. The molecule has 0 fully saturated rings. The number of aliphatic hydroxyl groups excluding tert-OH is 2. The molecule has 3 atom stereocenters. The fraction of sp³-hybridized carbons (Fsp3) is 0.312. The number of hydrogen-bond donors (Lipinski definition) is 4. The van der Waals surface area contributed by atoms with Gasteiger partial charge in [-0.3, -0.25) is 9.59 Å². The van der Waals surface area contributed by atoms with Crippen molar-refractivity contribution in [1.29, 1.82) is 0 Å². The average Bonchev–Trinajstić information content (AvgIpc) is 2.96. The molecule has 2 amide bonds. The predicted molar refractivity (Wildman–Crippen MR) is 152 cm³/mol. The lowest BCUT2D eigenvalue weighted by Gasteiger charge is -2.22. The predicted octanol–water partition coefficient (Wildman–Crippen LogP) is 3.59. The summed E-state index contributed by atoms with van der Waals surface area (Å²) in [5, 5.41) is 25.4. The zero-order valence-electron chi connectivity index (χ0n) is 22.2. The minimum atomic E-state index is -0.632. The van der Waals surface area contributed by atoms with Crippen LogP contribution in [0.15, 0.2) is 97.6 Å². The summed E-state index contributed by atoms with van der Waals surface area (Å²) in [4.78, 5) is 25.7. The highest BCUT2D eigenvalue weighted by Crippen LogP contribution is 2.16. The summed E-state index contributed by atoms with van der Waals surface area (Å²) in [7, 11) is 0. The maximum atomic E-state index is 12.9. The minimum absolute atomic E-state index is 0.0515. The molecule has 0 saturated heterocycles. The van der Waals surface area contributed by atoms with Gasteiger partial charge in [-0.2, -0.15) is 0 Å². The Bertz CT molecular complexity index is 1150. The smallest absolute Gasteiger partial charge is 0.224 e.